The van der Waals surface area contributed by atoms with Crippen LogP contribution in [0, 0.1) is 0 Å². The van der Waals surface area contributed by atoms with E-state index in [1.165, 1.54) is 18.3 Å². The molecule has 2 nitrogen and oxygen atoms in total. The zero-order chi connectivity index (χ0) is 19.3. The van der Waals surface area contributed by atoms with Crippen molar-refractivity contribution in [3.63, 3.8) is 0 Å². The second kappa shape index (κ2) is 7.91. The lowest BCUT2D eigenvalue weighted by molar-refractivity contribution is -0.164. The van der Waals surface area contributed by atoms with Crippen molar-refractivity contribution in [1.82, 2.24) is 0 Å². The first-order chi connectivity index (χ1) is 13.0. The number of ketones is 1. The molecule has 0 spiro atoms. The lowest BCUT2D eigenvalue weighted by Gasteiger charge is -2.23. The van der Waals surface area contributed by atoms with Gasteiger partial charge in [-0.2, -0.15) is 13.2 Å². The first kappa shape index (κ1) is 18.5. The largest absolute Gasteiger partial charge is 0.454 e. The van der Waals surface area contributed by atoms with E-state index >= 15 is 0 Å². The summed E-state index contributed by atoms with van der Waals surface area (Å²) in [5.41, 5.74) is 1.08. The molecular formula is C22H16F3NO. The molecule has 0 amide bonds. The molecular weight excluding hydrogens is 351 g/mol. The Morgan fingerprint density at radius 3 is 1.52 bits per heavy atom. The highest BCUT2D eigenvalue weighted by atomic mass is 19.4. The molecule has 0 radical (unpaired) electrons. The minimum absolute atomic E-state index is 0.205. The minimum Gasteiger partial charge on any atom is -0.316 e. The zero-order valence-corrected chi connectivity index (χ0v) is 14.2. The highest BCUT2D eigenvalue weighted by Crippen LogP contribution is 2.32. The van der Waals surface area contributed by atoms with E-state index in [2.05, 4.69) is 0 Å². The van der Waals surface area contributed by atoms with Gasteiger partial charge in [-0.25, -0.2) is 0 Å². The van der Waals surface area contributed by atoms with Crippen LogP contribution in [0.2, 0.25) is 0 Å². The highest BCUT2D eigenvalue weighted by molar-refractivity contribution is 6.23. The number of carbonyl (C=O) groups is 1. The maximum absolute atomic E-state index is 13.2. The van der Waals surface area contributed by atoms with Gasteiger partial charge in [-0.15, -0.1) is 0 Å². The van der Waals surface area contributed by atoms with Crippen LogP contribution < -0.4 is 4.90 Å². The molecule has 0 atom stereocenters. The Morgan fingerprint density at radius 1 is 0.704 bits per heavy atom. The van der Waals surface area contributed by atoms with Crippen LogP contribution >= 0.6 is 0 Å². The topological polar surface area (TPSA) is 20.3 Å². The summed E-state index contributed by atoms with van der Waals surface area (Å²) < 4.78 is 39.7. The van der Waals surface area contributed by atoms with Crippen molar-refractivity contribution in [3.8, 4) is 0 Å². The third-order valence-corrected chi connectivity index (χ3v) is 3.91. The summed E-state index contributed by atoms with van der Waals surface area (Å²) in [6.45, 7) is 0. The molecule has 136 valence electrons. The number of para-hydroxylation sites is 2. The van der Waals surface area contributed by atoms with Gasteiger partial charge in [0.05, 0.1) is 5.57 Å². The maximum Gasteiger partial charge on any atom is 0.454 e. The summed E-state index contributed by atoms with van der Waals surface area (Å²) in [5, 5.41) is 0. The molecule has 0 fully saturated rings. The first-order valence-corrected chi connectivity index (χ1v) is 8.25. The molecule has 0 saturated heterocycles. The molecule has 0 aromatic heterocycles. The van der Waals surface area contributed by atoms with Crippen molar-refractivity contribution in [1.29, 1.82) is 0 Å². The fraction of sp³-hybridized carbons (Fsp3) is 0.0455. The number of carbonyl (C=O) groups excluding carboxylic acids is 1. The number of hydrogen-bond donors (Lipinski definition) is 0. The number of rotatable bonds is 5. The fourth-order valence-electron chi connectivity index (χ4n) is 2.64. The summed E-state index contributed by atoms with van der Waals surface area (Å²) in [7, 11) is 0. The van der Waals surface area contributed by atoms with Crippen LogP contribution in [-0.4, -0.2) is 12.0 Å². The summed E-state index contributed by atoms with van der Waals surface area (Å²) >= 11 is 0. The predicted molar refractivity (Wildman–Crippen MR) is 101 cm³/mol. The Hall–Kier alpha value is -3.34. The van der Waals surface area contributed by atoms with Gasteiger partial charge in [-0.3, -0.25) is 4.79 Å². The van der Waals surface area contributed by atoms with Crippen LogP contribution in [0.4, 0.5) is 24.5 Å². The first-order valence-electron chi connectivity index (χ1n) is 8.25. The van der Waals surface area contributed by atoms with Gasteiger partial charge in [-0.1, -0.05) is 66.7 Å². The molecule has 27 heavy (non-hydrogen) atoms. The summed E-state index contributed by atoms with van der Waals surface area (Å²) in [6.07, 6.45) is -3.73. The van der Waals surface area contributed by atoms with Gasteiger partial charge < -0.3 is 4.90 Å². The van der Waals surface area contributed by atoms with E-state index in [-0.39, 0.29) is 5.56 Å². The predicted octanol–water partition coefficient (Wildman–Crippen LogP) is 6.00. The molecule has 3 aromatic rings. The number of alkyl halides is 3. The lowest BCUT2D eigenvalue weighted by atomic mass is 10.0. The highest BCUT2D eigenvalue weighted by Gasteiger charge is 2.41. The average molecular weight is 367 g/mol. The Labute approximate surface area is 155 Å². The Morgan fingerprint density at radius 2 is 1.11 bits per heavy atom. The van der Waals surface area contributed by atoms with Gasteiger partial charge in [0.2, 0.25) is 0 Å². The second-order valence-electron chi connectivity index (χ2n) is 5.78. The van der Waals surface area contributed by atoms with E-state index in [0.717, 1.165) is 0 Å². The number of Topliss-reactive ketones (excluding diaryl/α,β-unsaturated/α-hetero) is 1. The van der Waals surface area contributed by atoms with E-state index in [1.807, 2.05) is 12.1 Å². The van der Waals surface area contributed by atoms with E-state index in [4.69, 9.17) is 0 Å². The van der Waals surface area contributed by atoms with Crippen molar-refractivity contribution in [2.45, 2.75) is 6.18 Å². The summed E-state index contributed by atoms with van der Waals surface area (Å²) in [6, 6.07) is 25.7. The quantitative estimate of drug-likeness (QED) is 0.516. The van der Waals surface area contributed by atoms with Gasteiger partial charge in [0.25, 0.3) is 5.78 Å². The monoisotopic (exact) mass is 367 g/mol. The molecule has 0 unspecified atom stereocenters. The second-order valence-corrected chi connectivity index (χ2v) is 5.78. The van der Waals surface area contributed by atoms with Gasteiger partial charge in [0.1, 0.15) is 0 Å². The number of allylic oxidation sites excluding steroid dienone is 1. The number of benzene rings is 3. The summed E-state index contributed by atoms with van der Waals surface area (Å²) in [4.78, 5) is 13.7. The Bertz CT molecular complexity index is 881. The van der Waals surface area contributed by atoms with Crippen LogP contribution in [0.1, 0.15) is 5.56 Å². The van der Waals surface area contributed by atoms with Crippen LogP contribution in [0.5, 0.6) is 0 Å². The van der Waals surface area contributed by atoms with Gasteiger partial charge in [-0.05, 0) is 29.8 Å². The molecule has 5 heteroatoms. The normalized spacial score (nSPS) is 11.9. The summed E-state index contributed by atoms with van der Waals surface area (Å²) in [5.74, 6) is -1.88. The van der Waals surface area contributed by atoms with Gasteiger partial charge in [0, 0.05) is 17.6 Å². The number of anilines is 2. The molecule has 0 N–H and O–H groups in total. The minimum atomic E-state index is -4.97. The molecule has 0 bridgehead atoms. The van der Waals surface area contributed by atoms with Crippen LogP contribution in [0.15, 0.2) is 97.2 Å². The van der Waals surface area contributed by atoms with Crippen molar-refractivity contribution in [2.75, 3.05) is 4.90 Å². The van der Waals surface area contributed by atoms with E-state index in [0.29, 0.717) is 11.4 Å². The third kappa shape index (κ3) is 4.44. The lowest BCUT2D eigenvalue weighted by Crippen LogP contribution is -2.25. The molecule has 0 heterocycles. The molecule has 3 rings (SSSR count). The van der Waals surface area contributed by atoms with Crippen LogP contribution in [0.3, 0.4) is 0 Å². The van der Waals surface area contributed by atoms with Gasteiger partial charge >= 0.3 is 6.18 Å². The molecule has 0 saturated carbocycles. The fourth-order valence-corrected chi connectivity index (χ4v) is 2.64. The average Bonchev–Trinajstić information content (AvgIpc) is 2.70. The van der Waals surface area contributed by atoms with Crippen LogP contribution in [0.25, 0.3) is 5.57 Å². The Balaban J connectivity index is 2.18. The SMILES string of the molecule is O=C(C(=CN(c1ccccc1)c1ccccc1)c1ccccc1)C(F)(F)F. The van der Waals surface area contributed by atoms with E-state index in [1.54, 1.807) is 71.6 Å². The standard InChI is InChI=1S/C22H16F3NO/c23-22(24,25)21(27)20(17-10-4-1-5-11-17)16-26(18-12-6-2-7-13-18)19-14-8-3-9-15-19/h1-16H. The number of hydrogen-bond acceptors (Lipinski definition) is 2. The molecule has 0 aliphatic heterocycles. The van der Waals surface area contributed by atoms with E-state index in [9.17, 15) is 18.0 Å². The zero-order valence-electron chi connectivity index (χ0n) is 14.2. The number of nitrogens with zero attached hydrogens (tertiary/aromatic N) is 1. The maximum atomic E-state index is 13.2. The smallest absolute Gasteiger partial charge is 0.316 e. The van der Waals surface area contributed by atoms with Crippen LogP contribution in [-0.2, 0) is 4.79 Å². The number of halogens is 3. The van der Waals surface area contributed by atoms with Crippen molar-refractivity contribution in [3.05, 3.63) is 103 Å². The molecule has 0 aliphatic rings. The molecule has 0 aliphatic carbocycles. The van der Waals surface area contributed by atoms with Gasteiger partial charge in [0.15, 0.2) is 0 Å². The van der Waals surface area contributed by atoms with E-state index < -0.39 is 17.5 Å². The van der Waals surface area contributed by atoms with Crippen molar-refractivity contribution in [2.24, 2.45) is 0 Å². The van der Waals surface area contributed by atoms with Crippen molar-refractivity contribution < 1.29 is 18.0 Å². The van der Waals surface area contributed by atoms with Crippen molar-refractivity contribution >= 4 is 22.7 Å². The third-order valence-electron chi connectivity index (χ3n) is 3.91. The Kier molecular flexibility index (Phi) is 5.41. The molecule has 3 aromatic carbocycles.